The summed E-state index contributed by atoms with van der Waals surface area (Å²) in [5.74, 6) is -2.22. The molecule has 2 rings (SSSR count). The number of carboxylic acid groups (broad SMARTS) is 1. The highest BCUT2D eigenvalue weighted by Crippen LogP contribution is 2.48. The molecule has 4 heteroatoms. The number of aliphatic carboxylic acids is 1. The van der Waals surface area contributed by atoms with Crippen LogP contribution < -0.4 is 0 Å². The Bertz CT molecular complexity index is 437. The van der Waals surface area contributed by atoms with Crippen LogP contribution in [0.3, 0.4) is 0 Å². The molecule has 0 unspecified atom stereocenters. The minimum atomic E-state index is -1.16. The molecule has 0 radical (unpaired) electrons. The van der Waals surface area contributed by atoms with Crippen LogP contribution in [-0.2, 0) is 10.2 Å². The summed E-state index contributed by atoms with van der Waals surface area (Å²) < 4.78 is 26.3. The molecule has 1 fully saturated rings. The van der Waals surface area contributed by atoms with Gasteiger partial charge in [0, 0.05) is 11.6 Å². The summed E-state index contributed by atoms with van der Waals surface area (Å²) >= 11 is 0. The van der Waals surface area contributed by atoms with Gasteiger partial charge in [0.1, 0.15) is 11.6 Å². The van der Waals surface area contributed by atoms with Gasteiger partial charge >= 0.3 is 5.97 Å². The van der Waals surface area contributed by atoms with E-state index in [1.54, 1.807) is 0 Å². The van der Waals surface area contributed by atoms with Gasteiger partial charge < -0.3 is 5.11 Å². The maximum absolute atomic E-state index is 13.6. The fourth-order valence-corrected chi connectivity index (χ4v) is 2.52. The maximum Gasteiger partial charge on any atom is 0.314 e. The van der Waals surface area contributed by atoms with E-state index < -0.39 is 23.0 Å². The monoisotopic (exact) mass is 226 g/mol. The minimum absolute atomic E-state index is 0.0968. The third-order valence-corrected chi connectivity index (χ3v) is 3.25. The second-order valence-electron chi connectivity index (χ2n) is 4.52. The number of halogens is 2. The van der Waals surface area contributed by atoms with Gasteiger partial charge in [-0.3, -0.25) is 4.79 Å². The van der Waals surface area contributed by atoms with E-state index in [0.717, 1.165) is 12.1 Å². The van der Waals surface area contributed by atoms with Crippen LogP contribution in [0.1, 0.15) is 25.3 Å². The molecule has 86 valence electrons. The lowest BCUT2D eigenvalue weighted by Gasteiger charge is -2.43. The maximum atomic E-state index is 13.6. The molecule has 1 saturated carbocycles. The van der Waals surface area contributed by atoms with Crippen molar-refractivity contribution in [3.05, 3.63) is 35.4 Å². The Kier molecular flexibility index (Phi) is 2.45. The number of carboxylic acids is 1. The second-order valence-corrected chi connectivity index (χ2v) is 4.52. The first-order valence-corrected chi connectivity index (χ1v) is 5.14. The van der Waals surface area contributed by atoms with Crippen LogP contribution in [0.25, 0.3) is 0 Å². The number of carbonyl (C=O) groups is 1. The highest BCUT2D eigenvalue weighted by Gasteiger charge is 2.51. The molecule has 0 amide bonds. The zero-order valence-electron chi connectivity index (χ0n) is 8.84. The quantitative estimate of drug-likeness (QED) is 0.841. The predicted octanol–water partition coefficient (Wildman–Crippen LogP) is 2.72. The van der Waals surface area contributed by atoms with E-state index >= 15 is 0 Å². The Morgan fingerprint density at radius 2 is 2.06 bits per heavy atom. The summed E-state index contributed by atoms with van der Waals surface area (Å²) in [5, 5.41) is 9.19. The van der Waals surface area contributed by atoms with Crippen molar-refractivity contribution in [3.8, 4) is 0 Å². The Morgan fingerprint density at radius 1 is 1.44 bits per heavy atom. The molecule has 1 aliphatic carbocycles. The van der Waals surface area contributed by atoms with Crippen molar-refractivity contribution in [1.29, 1.82) is 0 Å². The van der Waals surface area contributed by atoms with Gasteiger partial charge in [0.15, 0.2) is 0 Å². The van der Waals surface area contributed by atoms with Crippen LogP contribution in [-0.4, -0.2) is 11.1 Å². The topological polar surface area (TPSA) is 37.3 Å². The summed E-state index contributed by atoms with van der Waals surface area (Å²) in [6, 6.07) is 3.08. The summed E-state index contributed by atoms with van der Waals surface area (Å²) in [7, 11) is 0. The van der Waals surface area contributed by atoms with E-state index in [-0.39, 0.29) is 11.5 Å². The summed E-state index contributed by atoms with van der Waals surface area (Å²) in [4.78, 5) is 11.2. The van der Waals surface area contributed by atoms with E-state index in [1.807, 2.05) is 6.92 Å². The number of hydrogen-bond donors (Lipinski definition) is 1. The van der Waals surface area contributed by atoms with Crippen molar-refractivity contribution in [2.75, 3.05) is 0 Å². The molecule has 1 aliphatic rings. The van der Waals surface area contributed by atoms with Crippen molar-refractivity contribution in [2.45, 2.75) is 25.2 Å². The standard InChI is InChI=1S/C12H12F2O2/c1-7-5-12(6-7,11(15)16)9-3-2-8(13)4-10(9)14/h2-4,7H,5-6H2,1H3,(H,15,16). The molecule has 0 aromatic heterocycles. The molecule has 1 aromatic rings. The summed E-state index contributed by atoms with van der Waals surface area (Å²) in [5.41, 5.74) is -1.06. The zero-order valence-corrected chi connectivity index (χ0v) is 8.84. The molecule has 0 aliphatic heterocycles. The Morgan fingerprint density at radius 3 is 2.50 bits per heavy atom. The average molecular weight is 226 g/mol. The van der Waals surface area contributed by atoms with Gasteiger partial charge in [-0.15, -0.1) is 0 Å². The van der Waals surface area contributed by atoms with Crippen molar-refractivity contribution < 1.29 is 18.7 Å². The summed E-state index contributed by atoms with van der Waals surface area (Å²) in [6.07, 6.45) is 0.815. The molecule has 1 N–H and O–H groups in total. The van der Waals surface area contributed by atoms with Crippen LogP contribution >= 0.6 is 0 Å². The Hall–Kier alpha value is -1.45. The highest BCUT2D eigenvalue weighted by atomic mass is 19.1. The van der Waals surface area contributed by atoms with Gasteiger partial charge in [0.05, 0.1) is 5.41 Å². The lowest BCUT2D eigenvalue weighted by atomic mass is 9.59. The number of benzene rings is 1. The van der Waals surface area contributed by atoms with Gasteiger partial charge in [-0.25, -0.2) is 8.78 Å². The third-order valence-electron chi connectivity index (χ3n) is 3.25. The van der Waals surface area contributed by atoms with Crippen LogP contribution in [0, 0.1) is 17.6 Å². The summed E-state index contributed by atoms with van der Waals surface area (Å²) in [6.45, 7) is 1.92. The fraction of sp³-hybridized carbons (Fsp3) is 0.417. The third kappa shape index (κ3) is 1.49. The molecule has 0 bridgehead atoms. The molecule has 0 heterocycles. The highest BCUT2D eigenvalue weighted by molar-refractivity contribution is 5.82. The molecule has 16 heavy (non-hydrogen) atoms. The molecule has 0 atom stereocenters. The molecular formula is C12H12F2O2. The van der Waals surface area contributed by atoms with Gasteiger partial charge in [-0.2, -0.15) is 0 Å². The van der Waals surface area contributed by atoms with Crippen LogP contribution in [0.4, 0.5) is 8.78 Å². The largest absolute Gasteiger partial charge is 0.481 e. The molecule has 0 spiro atoms. The fourth-order valence-electron chi connectivity index (χ4n) is 2.52. The van der Waals surface area contributed by atoms with Crippen molar-refractivity contribution in [1.82, 2.24) is 0 Å². The van der Waals surface area contributed by atoms with Gasteiger partial charge in [-0.05, 0) is 24.8 Å². The number of rotatable bonds is 2. The Balaban J connectivity index is 2.45. The SMILES string of the molecule is CC1CC(C(=O)O)(c2ccc(F)cc2F)C1. The first-order chi connectivity index (χ1) is 7.45. The van der Waals surface area contributed by atoms with E-state index in [0.29, 0.717) is 12.8 Å². The molecule has 1 aromatic carbocycles. The van der Waals surface area contributed by atoms with E-state index in [1.165, 1.54) is 6.07 Å². The first-order valence-electron chi connectivity index (χ1n) is 5.14. The second kappa shape index (κ2) is 3.54. The van der Waals surface area contributed by atoms with Crippen LogP contribution in [0.2, 0.25) is 0 Å². The van der Waals surface area contributed by atoms with E-state index in [9.17, 15) is 18.7 Å². The van der Waals surface area contributed by atoms with Crippen molar-refractivity contribution >= 4 is 5.97 Å². The van der Waals surface area contributed by atoms with Gasteiger partial charge in [0.2, 0.25) is 0 Å². The van der Waals surface area contributed by atoms with Crippen LogP contribution in [0.5, 0.6) is 0 Å². The van der Waals surface area contributed by atoms with Crippen molar-refractivity contribution in [3.63, 3.8) is 0 Å². The van der Waals surface area contributed by atoms with Gasteiger partial charge in [0.25, 0.3) is 0 Å². The predicted molar refractivity (Wildman–Crippen MR) is 54.1 cm³/mol. The lowest BCUT2D eigenvalue weighted by molar-refractivity contribution is -0.149. The molecule has 0 saturated heterocycles. The lowest BCUT2D eigenvalue weighted by Crippen LogP contribution is -2.47. The normalized spacial score (nSPS) is 28.6. The van der Waals surface area contributed by atoms with E-state index in [2.05, 4.69) is 0 Å². The van der Waals surface area contributed by atoms with E-state index in [4.69, 9.17) is 0 Å². The Labute approximate surface area is 91.9 Å². The average Bonchev–Trinajstić information content (AvgIpc) is 2.12. The first kappa shape index (κ1) is 11.0. The minimum Gasteiger partial charge on any atom is -0.481 e. The van der Waals surface area contributed by atoms with Gasteiger partial charge in [-0.1, -0.05) is 13.0 Å². The number of hydrogen-bond acceptors (Lipinski definition) is 1. The zero-order chi connectivity index (χ0) is 11.9. The van der Waals surface area contributed by atoms with Crippen molar-refractivity contribution in [2.24, 2.45) is 5.92 Å². The van der Waals surface area contributed by atoms with Crippen LogP contribution in [0.15, 0.2) is 18.2 Å². The molecular weight excluding hydrogens is 214 g/mol. The smallest absolute Gasteiger partial charge is 0.314 e. The molecule has 2 nitrogen and oxygen atoms in total.